The Labute approximate surface area is 181 Å². The molecule has 0 unspecified atom stereocenters. The lowest BCUT2D eigenvalue weighted by molar-refractivity contribution is -0.137. The quantitative estimate of drug-likeness (QED) is 0.641. The van der Waals surface area contributed by atoms with Gasteiger partial charge in [-0.05, 0) is 57.2 Å². The highest BCUT2D eigenvalue weighted by Crippen LogP contribution is 2.29. The van der Waals surface area contributed by atoms with Gasteiger partial charge in [0.05, 0.1) is 17.3 Å². The number of piperidine rings is 1. The molecule has 1 aromatic heterocycles. The monoisotopic (exact) mass is 436 g/mol. The van der Waals surface area contributed by atoms with Crippen molar-refractivity contribution in [3.8, 4) is 0 Å². The van der Waals surface area contributed by atoms with Crippen LogP contribution in [0.15, 0.2) is 36.7 Å². The topological polar surface area (TPSA) is 41.4 Å². The molecule has 1 atom stereocenters. The van der Waals surface area contributed by atoms with E-state index in [4.69, 9.17) is 0 Å². The van der Waals surface area contributed by atoms with Gasteiger partial charge < -0.3 is 9.80 Å². The molecule has 0 aliphatic carbocycles. The van der Waals surface area contributed by atoms with Crippen LogP contribution in [0.5, 0.6) is 0 Å². The Bertz CT molecular complexity index is 878. The molecule has 2 aromatic rings. The van der Waals surface area contributed by atoms with E-state index >= 15 is 0 Å². The summed E-state index contributed by atoms with van der Waals surface area (Å²) in [6.07, 6.45) is 1.74. The van der Waals surface area contributed by atoms with E-state index in [1.54, 1.807) is 28.0 Å². The number of aromatic nitrogens is 2. The molecule has 1 fully saturated rings. The van der Waals surface area contributed by atoms with Gasteiger partial charge in [-0.3, -0.25) is 9.48 Å². The molecule has 0 N–H and O–H groups in total. The van der Waals surface area contributed by atoms with Gasteiger partial charge in [-0.15, -0.1) is 0 Å². The van der Waals surface area contributed by atoms with Gasteiger partial charge in [0.25, 0.3) is 5.91 Å². The van der Waals surface area contributed by atoms with Crippen molar-refractivity contribution >= 4 is 5.91 Å². The van der Waals surface area contributed by atoms with Gasteiger partial charge in [0.15, 0.2) is 0 Å². The van der Waals surface area contributed by atoms with Crippen molar-refractivity contribution in [3.63, 3.8) is 0 Å². The van der Waals surface area contributed by atoms with E-state index in [9.17, 15) is 18.0 Å². The Morgan fingerprint density at radius 3 is 2.77 bits per heavy atom. The standard InChI is InChI=1S/C23H31F3N4O/c1-17(2)30-16-20(13-27-30)22(31)28(3)14-19-7-5-10-29(15-19)11-9-18-6-4-8-21(12-18)23(24,25)26/h4,6,8,12-13,16-17,19H,5,7,9-11,14-15H2,1-3H3/t19-/m0/s1. The minimum absolute atomic E-state index is 0.0343. The molecule has 170 valence electrons. The lowest BCUT2D eigenvalue weighted by atomic mass is 9.96. The van der Waals surface area contributed by atoms with Crippen molar-refractivity contribution < 1.29 is 18.0 Å². The SMILES string of the molecule is CC(C)n1cc(C(=O)N(C)C[C@@H]2CCCN(CCc3cccc(C(F)(F)F)c3)C2)cn1. The summed E-state index contributed by atoms with van der Waals surface area (Å²) in [5.74, 6) is 0.317. The Morgan fingerprint density at radius 1 is 1.32 bits per heavy atom. The molecule has 0 spiro atoms. The number of benzene rings is 1. The van der Waals surface area contributed by atoms with E-state index < -0.39 is 11.7 Å². The van der Waals surface area contributed by atoms with E-state index in [1.807, 2.05) is 20.9 Å². The number of likely N-dealkylation sites (tertiary alicyclic amines) is 1. The molecule has 0 bridgehead atoms. The molecule has 1 aromatic carbocycles. The molecule has 1 aliphatic heterocycles. The predicted molar refractivity (Wildman–Crippen MR) is 114 cm³/mol. The molecule has 2 heterocycles. The fraction of sp³-hybridized carbons (Fsp3) is 0.565. The first-order valence-electron chi connectivity index (χ1n) is 10.8. The maximum absolute atomic E-state index is 12.9. The number of amides is 1. The van der Waals surface area contributed by atoms with Crippen molar-refractivity contribution in [3.05, 3.63) is 53.3 Å². The smallest absolute Gasteiger partial charge is 0.341 e. The molecule has 1 amide bonds. The molecule has 3 rings (SSSR count). The van der Waals surface area contributed by atoms with Gasteiger partial charge >= 0.3 is 6.18 Å². The number of alkyl halides is 3. The molecule has 1 aliphatic rings. The van der Waals surface area contributed by atoms with Crippen LogP contribution < -0.4 is 0 Å². The summed E-state index contributed by atoms with van der Waals surface area (Å²) in [4.78, 5) is 16.8. The summed E-state index contributed by atoms with van der Waals surface area (Å²) in [7, 11) is 1.82. The summed E-state index contributed by atoms with van der Waals surface area (Å²) in [5, 5.41) is 4.24. The third-order valence-corrected chi connectivity index (χ3v) is 5.83. The number of hydrogen-bond acceptors (Lipinski definition) is 3. The summed E-state index contributed by atoms with van der Waals surface area (Å²) in [6.45, 7) is 7.19. The van der Waals surface area contributed by atoms with Crippen LogP contribution in [0.2, 0.25) is 0 Å². The van der Waals surface area contributed by atoms with E-state index in [-0.39, 0.29) is 11.9 Å². The molecule has 1 saturated heterocycles. The number of carbonyl (C=O) groups excluding carboxylic acids is 1. The first-order chi connectivity index (χ1) is 14.6. The van der Waals surface area contributed by atoms with Crippen LogP contribution in [-0.4, -0.2) is 58.7 Å². The zero-order valence-corrected chi connectivity index (χ0v) is 18.4. The van der Waals surface area contributed by atoms with Crippen molar-refractivity contribution in [2.75, 3.05) is 33.2 Å². The third-order valence-electron chi connectivity index (χ3n) is 5.83. The highest BCUT2D eigenvalue weighted by atomic mass is 19.4. The van der Waals surface area contributed by atoms with Crippen molar-refractivity contribution in [2.24, 2.45) is 5.92 Å². The van der Waals surface area contributed by atoms with Crippen LogP contribution in [0, 0.1) is 5.92 Å². The molecular formula is C23H31F3N4O. The van der Waals surface area contributed by atoms with Gasteiger partial charge in [0.2, 0.25) is 0 Å². The van der Waals surface area contributed by atoms with Crippen LogP contribution in [0.25, 0.3) is 0 Å². The van der Waals surface area contributed by atoms with E-state index in [0.717, 1.165) is 38.5 Å². The summed E-state index contributed by atoms with van der Waals surface area (Å²) in [6, 6.07) is 5.78. The largest absolute Gasteiger partial charge is 0.416 e. The number of carbonyl (C=O) groups is 1. The Balaban J connectivity index is 1.51. The van der Waals surface area contributed by atoms with Crippen LogP contribution in [0.1, 0.15) is 54.2 Å². The summed E-state index contributed by atoms with van der Waals surface area (Å²) in [5.41, 5.74) is 0.697. The van der Waals surface area contributed by atoms with Crippen molar-refractivity contribution in [2.45, 2.75) is 45.3 Å². The second kappa shape index (κ2) is 9.85. The minimum atomic E-state index is -4.31. The Morgan fingerprint density at radius 2 is 2.10 bits per heavy atom. The van der Waals surface area contributed by atoms with Crippen molar-refractivity contribution in [1.82, 2.24) is 19.6 Å². The summed E-state index contributed by atoms with van der Waals surface area (Å²) < 4.78 is 40.5. The van der Waals surface area contributed by atoms with Crippen LogP contribution in [0.4, 0.5) is 13.2 Å². The zero-order chi connectivity index (χ0) is 22.6. The average Bonchev–Trinajstić information content (AvgIpc) is 3.22. The lowest BCUT2D eigenvalue weighted by Crippen LogP contribution is -2.42. The van der Waals surface area contributed by atoms with Crippen LogP contribution in [0.3, 0.4) is 0 Å². The molecule has 5 nitrogen and oxygen atoms in total. The number of nitrogens with zero attached hydrogens (tertiary/aromatic N) is 4. The van der Waals surface area contributed by atoms with E-state index in [1.165, 1.54) is 12.1 Å². The number of halogens is 3. The van der Waals surface area contributed by atoms with E-state index in [0.29, 0.717) is 30.0 Å². The highest BCUT2D eigenvalue weighted by molar-refractivity contribution is 5.93. The maximum atomic E-state index is 12.9. The lowest BCUT2D eigenvalue weighted by Gasteiger charge is -2.34. The molecule has 31 heavy (non-hydrogen) atoms. The predicted octanol–water partition coefficient (Wildman–Crippen LogP) is 4.51. The summed E-state index contributed by atoms with van der Waals surface area (Å²) >= 11 is 0. The fourth-order valence-electron chi connectivity index (χ4n) is 4.12. The minimum Gasteiger partial charge on any atom is -0.341 e. The maximum Gasteiger partial charge on any atom is 0.416 e. The zero-order valence-electron chi connectivity index (χ0n) is 18.4. The fourth-order valence-corrected chi connectivity index (χ4v) is 4.12. The normalized spacial score (nSPS) is 17.8. The Kier molecular flexibility index (Phi) is 7.41. The van der Waals surface area contributed by atoms with Gasteiger partial charge in [-0.2, -0.15) is 18.3 Å². The number of hydrogen-bond donors (Lipinski definition) is 0. The second-order valence-electron chi connectivity index (χ2n) is 8.75. The second-order valence-corrected chi connectivity index (χ2v) is 8.75. The van der Waals surface area contributed by atoms with Crippen LogP contribution >= 0.6 is 0 Å². The molecular weight excluding hydrogens is 405 g/mol. The van der Waals surface area contributed by atoms with Gasteiger partial charge in [-0.1, -0.05) is 18.2 Å². The first kappa shape index (κ1) is 23.3. The third kappa shape index (κ3) is 6.32. The van der Waals surface area contributed by atoms with Gasteiger partial charge in [-0.25, -0.2) is 0 Å². The van der Waals surface area contributed by atoms with Gasteiger partial charge in [0, 0.05) is 38.9 Å². The van der Waals surface area contributed by atoms with Gasteiger partial charge in [0.1, 0.15) is 0 Å². The van der Waals surface area contributed by atoms with Crippen LogP contribution in [-0.2, 0) is 12.6 Å². The van der Waals surface area contributed by atoms with E-state index in [2.05, 4.69) is 10.00 Å². The first-order valence-corrected chi connectivity index (χ1v) is 10.8. The Hall–Kier alpha value is -2.35. The molecule has 0 saturated carbocycles. The average molecular weight is 437 g/mol. The molecule has 0 radical (unpaired) electrons. The molecule has 8 heteroatoms. The highest BCUT2D eigenvalue weighted by Gasteiger charge is 2.30. The van der Waals surface area contributed by atoms with Crippen molar-refractivity contribution in [1.29, 1.82) is 0 Å². The number of rotatable bonds is 7.